The Bertz CT molecular complexity index is 1070. The summed E-state index contributed by atoms with van der Waals surface area (Å²) in [5.74, 6) is 0.430. The molecule has 0 saturated carbocycles. The van der Waals surface area contributed by atoms with Crippen molar-refractivity contribution in [1.82, 2.24) is 9.55 Å². The van der Waals surface area contributed by atoms with Crippen LogP contribution in [0.25, 0.3) is 10.9 Å². The Morgan fingerprint density at radius 2 is 2.00 bits per heavy atom. The zero-order valence-corrected chi connectivity index (χ0v) is 17.5. The highest BCUT2D eigenvalue weighted by Gasteiger charge is 2.10. The van der Waals surface area contributed by atoms with Crippen molar-refractivity contribution in [3.63, 3.8) is 0 Å². The van der Waals surface area contributed by atoms with Crippen molar-refractivity contribution >= 4 is 23.1 Å². The van der Waals surface area contributed by atoms with Crippen molar-refractivity contribution in [2.45, 2.75) is 46.8 Å². The number of benzene rings is 2. The summed E-state index contributed by atoms with van der Waals surface area (Å²) in [6.07, 6.45) is 2.64. The lowest BCUT2D eigenvalue weighted by Crippen LogP contribution is -2.25. The Morgan fingerprint density at radius 3 is 2.79 bits per heavy atom. The highest BCUT2D eigenvalue weighted by atomic mass is 16.5. The van der Waals surface area contributed by atoms with Gasteiger partial charge in [0.1, 0.15) is 0 Å². The quantitative estimate of drug-likeness (QED) is 0.353. The van der Waals surface area contributed by atoms with E-state index in [-0.39, 0.29) is 11.7 Å². The van der Waals surface area contributed by atoms with Gasteiger partial charge >= 0.3 is 0 Å². The molecule has 6 nitrogen and oxygen atoms in total. The normalized spacial score (nSPS) is 11.6. The lowest BCUT2D eigenvalue weighted by molar-refractivity contribution is 0.0748. The Balaban J connectivity index is 1.88. The molecular formula is C23H28N4O2. The van der Waals surface area contributed by atoms with Crippen molar-refractivity contribution in [3.05, 3.63) is 69.5 Å². The fourth-order valence-electron chi connectivity index (χ4n) is 3.06. The fraction of sp³-hybridized carbons (Fsp3) is 0.348. The topological polar surface area (TPSA) is 68.5 Å². The standard InChI is InChI=1S/C23H28N4O2/c1-16(2)29-13-7-12-27-22(28)20-8-5-6-9-21(20)25-23(27)26-24-15-19-14-17(3)10-11-18(19)4/h5-6,8-11,14-16H,7,12-13H2,1-4H3,(H,25,26)/b24-15-. The van der Waals surface area contributed by atoms with Crippen molar-refractivity contribution in [2.75, 3.05) is 12.0 Å². The second-order valence-electron chi connectivity index (χ2n) is 7.41. The highest BCUT2D eigenvalue weighted by Crippen LogP contribution is 2.13. The first-order chi connectivity index (χ1) is 14.0. The summed E-state index contributed by atoms with van der Waals surface area (Å²) in [5.41, 5.74) is 6.87. The molecule has 0 fully saturated rings. The van der Waals surface area contributed by atoms with E-state index in [9.17, 15) is 4.79 Å². The molecule has 0 saturated heterocycles. The van der Waals surface area contributed by atoms with Crippen LogP contribution in [-0.4, -0.2) is 28.5 Å². The summed E-state index contributed by atoms with van der Waals surface area (Å²) < 4.78 is 7.24. The summed E-state index contributed by atoms with van der Waals surface area (Å²) >= 11 is 0. The van der Waals surface area contributed by atoms with E-state index < -0.39 is 0 Å². The van der Waals surface area contributed by atoms with Gasteiger partial charge in [-0.25, -0.2) is 10.4 Å². The second kappa shape index (κ2) is 9.47. The molecule has 0 unspecified atom stereocenters. The molecule has 0 aliphatic heterocycles. The Morgan fingerprint density at radius 1 is 1.21 bits per heavy atom. The van der Waals surface area contributed by atoms with E-state index in [0.29, 0.717) is 36.4 Å². The van der Waals surface area contributed by atoms with Crippen molar-refractivity contribution in [1.29, 1.82) is 0 Å². The number of rotatable bonds is 8. The first kappa shape index (κ1) is 20.7. The fourth-order valence-corrected chi connectivity index (χ4v) is 3.06. The molecule has 3 rings (SSSR count). The van der Waals surface area contributed by atoms with Gasteiger partial charge in [-0.2, -0.15) is 5.10 Å². The van der Waals surface area contributed by atoms with Gasteiger partial charge in [0.15, 0.2) is 0 Å². The molecule has 0 bridgehead atoms. The van der Waals surface area contributed by atoms with E-state index in [1.54, 1.807) is 16.8 Å². The molecule has 0 amide bonds. The van der Waals surface area contributed by atoms with Gasteiger partial charge in [0.25, 0.3) is 5.56 Å². The van der Waals surface area contributed by atoms with Crippen LogP contribution in [0, 0.1) is 13.8 Å². The molecule has 1 heterocycles. The van der Waals surface area contributed by atoms with Gasteiger partial charge in [-0.05, 0) is 57.4 Å². The number of hydrazone groups is 1. The zero-order valence-electron chi connectivity index (χ0n) is 17.5. The molecule has 0 spiro atoms. The maximum absolute atomic E-state index is 13.0. The van der Waals surface area contributed by atoms with Gasteiger partial charge in [0, 0.05) is 13.2 Å². The van der Waals surface area contributed by atoms with Crippen LogP contribution in [0.5, 0.6) is 0 Å². The summed E-state index contributed by atoms with van der Waals surface area (Å²) in [5, 5.41) is 4.95. The summed E-state index contributed by atoms with van der Waals surface area (Å²) in [4.78, 5) is 17.6. The van der Waals surface area contributed by atoms with Crippen molar-refractivity contribution in [3.8, 4) is 0 Å². The molecule has 1 N–H and O–H groups in total. The van der Waals surface area contributed by atoms with E-state index in [1.807, 2.05) is 45.9 Å². The number of aryl methyl sites for hydroxylation is 2. The number of nitrogens with zero attached hydrogens (tertiary/aromatic N) is 3. The largest absolute Gasteiger partial charge is 0.379 e. The highest BCUT2D eigenvalue weighted by molar-refractivity contribution is 5.82. The molecule has 152 valence electrons. The van der Waals surface area contributed by atoms with E-state index in [4.69, 9.17) is 4.74 Å². The van der Waals surface area contributed by atoms with Gasteiger partial charge < -0.3 is 4.74 Å². The molecule has 0 aliphatic carbocycles. The average molecular weight is 393 g/mol. The first-order valence-electron chi connectivity index (χ1n) is 9.93. The number of hydrogen-bond acceptors (Lipinski definition) is 5. The maximum atomic E-state index is 13.0. The van der Waals surface area contributed by atoms with Crippen LogP contribution >= 0.6 is 0 Å². The molecule has 6 heteroatoms. The molecule has 3 aromatic rings. The summed E-state index contributed by atoms with van der Waals surface area (Å²) in [7, 11) is 0. The van der Waals surface area contributed by atoms with Crippen LogP contribution in [0.2, 0.25) is 0 Å². The van der Waals surface area contributed by atoms with Gasteiger partial charge in [-0.15, -0.1) is 0 Å². The van der Waals surface area contributed by atoms with E-state index in [2.05, 4.69) is 33.7 Å². The van der Waals surface area contributed by atoms with E-state index in [0.717, 1.165) is 11.1 Å². The minimum Gasteiger partial charge on any atom is -0.379 e. The van der Waals surface area contributed by atoms with E-state index >= 15 is 0 Å². The molecule has 0 atom stereocenters. The summed E-state index contributed by atoms with van der Waals surface area (Å²) in [6, 6.07) is 13.6. The van der Waals surface area contributed by atoms with Gasteiger partial charge in [0.05, 0.1) is 23.2 Å². The first-order valence-corrected chi connectivity index (χ1v) is 9.93. The van der Waals surface area contributed by atoms with Crippen LogP contribution in [0.1, 0.15) is 37.0 Å². The number of ether oxygens (including phenoxy) is 1. The molecule has 0 aliphatic rings. The molecular weight excluding hydrogens is 364 g/mol. The van der Waals surface area contributed by atoms with Crippen LogP contribution in [0.3, 0.4) is 0 Å². The number of aromatic nitrogens is 2. The molecule has 29 heavy (non-hydrogen) atoms. The number of fused-ring (bicyclic) bond motifs is 1. The summed E-state index contributed by atoms with van der Waals surface area (Å²) in [6.45, 7) is 9.18. The smallest absolute Gasteiger partial charge is 0.262 e. The minimum absolute atomic E-state index is 0.0791. The number of para-hydroxylation sites is 1. The Labute approximate surface area is 171 Å². The SMILES string of the molecule is Cc1ccc(C)c(/C=N\Nc2nc3ccccc3c(=O)n2CCCOC(C)C)c1. The molecule has 1 aromatic heterocycles. The number of nitrogens with one attached hydrogen (secondary N) is 1. The Kier molecular flexibility index (Phi) is 6.77. The third-order valence-electron chi connectivity index (χ3n) is 4.64. The molecule has 2 aromatic carbocycles. The molecule has 0 radical (unpaired) electrons. The van der Waals surface area contributed by atoms with E-state index in [1.165, 1.54) is 5.56 Å². The minimum atomic E-state index is -0.0791. The lowest BCUT2D eigenvalue weighted by Gasteiger charge is -2.13. The van der Waals surface area contributed by atoms with Crippen molar-refractivity contribution in [2.24, 2.45) is 5.10 Å². The third-order valence-corrected chi connectivity index (χ3v) is 4.64. The predicted molar refractivity (Wildman–Crippen MR) is 119 cm³/mol. The van der Waals surface area contributed by atoms with Gasteiger partial charge in [-0.3, -0.25) is 9.36 Å². The van der Waals surface area contributed by atoms with Crippen molar-refractivity contribution < 1.29 is 4.74 Å². The van der Waals surface area contributed by atoms with Crippen LogP contribution in [0.15, 0.2) is 52.4 Å². The third kappa shape index (κ3) is 5.29. The number of anilines is 1. The van der Waals surface area contributed by atoms with Gasteiger partial charge in [0.2, 0.25) is 5.95 Å². The van der Waals surface area contributed by atoms with Crippen LogP contribution in [0.4, 0.5) is 5.95 Å². The zero-order chi connectivity index (χ0) is 20.8. The average Bonchev–Trinajstić information content (AvgIpc) is 2.69. The van der Waals surface area contributed by atoms with Crippen LogP contribution < -0.4 is 11.0 Å². The van der Waals surface area contributed by atoms with Crippen LogP contribution in [-0.2, 0) is 11.3 Å². The monoisotopic (exact) mass is 392 g/mol. The second-order valence-corrected chi connectivity index (χ2v) is 7.41. The van der Waals surface area contributed by atoms with Gasteiger partial charge in [-0.1, -0.05) is 35.9 Å². The predicted octanol–water partition coefficient (Wildman–Crippen LogP) is 4.27. The number of hydrogen-bond donors (Lipinski definition) is 1. The lowest BCUT2D eigenvalue weighted by atomic mass is 10.1. The maximum Gasteiger partial charge on any atom is 0.262 e. The Hall–Kier alpha value is -2.99.